The highest BCUT2D eigenvalue weighted by Gasteiger charge is 2.28. The third-order valence-corrected chi connectivity index (χ3v) is 3.32. The highest BCUT2D eigenvalue weighted by Crippen LogP contribution is 2.30. The number of hydroxylamine groups is 1. The lowest BCUT2D eigenvalue weighted by Gasteiger charge is -2.29. The van der Waals surface area contributed by atoms with Crippen molar-refractivity contribution in [1.82, 2.24) is 9.55 Å². The zero-order valence-electron chi connectivity index (χ0n) is 13.0. The fourth-order valence-corrected chi connectivity index (χ4v) is 2.39. The van der Waals surface area contributed by atoms with E-state index in [1.54, 1.807) is 31.2 Å². The average molecular weight is 347 g/mol. The molecule has 25 heavy (non-hydrogen) atoms. The van der Waals surface area contributed by atoms with E-state index in [2.05, 4.69) is 9.72 Å². The van der Waals surface area contributed by atoms with Gasteiger partial charge in [0, 0.05) is 0 Å². The molecule has 0 radical (unpaired) electrons. The Morgan fingerprint density at radius 1 is 1.28 bits per heavy atom. The summed E-state index contributed by atoms with van der Waals surface area (Å²) in [6.45, 7) is 1.62. The minimum absolute atomic E-state index is 0.0851. The average Bonchev–Trinajstić information content (AvgIpc) is 2.57. The number of hydrogen-bond acceptors (Lipinski definition) is 8. The topological polar surface area (TPSA) is 120 Å². The number of carbonyl (C=O) groups is 2. The van der Waals surface area contributed by atoms with Crippen molar-refractivity contribution in [3.63, 3.8) is 0 Å². The highest BCUT2D eigenvalue weighted by atomic mass is 16.8. The van der Waals surface area contributed by atoms with Crippen LogP contribution in [0, 0.1) is 0 Å². The summed E-state index contributed by atoms with van der Waals surface area (Å²) in [5, 5.41) is 9.97. The number of benzene rings is 1. The van der Waals surface area contributed by atoms with Crippen LogP contribution in [0.4, 0.5) is 15.3 Å². The van der Waals surface area contributed by atoms with Crippen LogP contribution in [-0.2, 0) is 16.1 Å². The SMILES string of the molecule is CCOC(=O)Oc1cnc2n(c1=O)-c1ccccc1N(OC(=O)O)C2. The van der Waals surface area contributed by atoms with Crippen LogP contribution >= 0.6 is 0 Å². The van der Waals surface area contributed by atoms with E-state index in [0.29, 0.717) is 11.4 Å². The Hall–Kier alpha value is -3.56. The third-order valence-electron chi connectivity index (χ3n) is 3.32. The molecule has 1 aromatic heterocycles. The van der Waals surface area contributed by atoms with Crippen LogP contribution in [0.15, 0.2) is 35.3 Å². The molecule has 0 atom stereocenters. The van der Waals surface area contributed by atoms with Gasteiger partial charge in [0.05, 0.1) is 24.2 Å². The maximum Gasteiger partial charge on any atom is 0.530 e. The van der Waals surface area contributed by atoms with Gasteiger partial charge in [0.15, 0.2) is 0 Å². The summed E-state index contributed by atoms with van der Waals surface area (Å²) in [5.74, 6) is -0.0780. The van der Waals surface area contributed by atoms with Gasteiger partial charge in [0.1, 0.15) is 12.4 Å². The second-order valence-corrected chi connectivity index (χ2v) is 4.85. The summed E-state index contributed by atoms with van der Waals surface area (Å²) in [6, 6.07) is 6.51. The fourth-order valence-electron chi connectivity index (χ4n) is 2.39. The predicted octanol–water partition coefficient (Wildman–Crippen LogP) is 1.70. The first kappa shape index (κ1) is 16.3. The Bertz CT molecular complexity index is 893. The summed E-state index contributed by atoms with van der Waals surface area (Å²) in [6.07, 6.45) is -1.42. The van der Waals surface area contributed by atoms with Crippen LogP contribution in [0.3, 0.4) is 0 Å². The Morgan fingerprint density at radius 2 is 2.00 bits per heavy atom. The Balaban J connectivity index is 2.06. The lowest BCUT2D eigenvalue weighted by molar-refractivity contribution is 0.0765. The molecule has 0 saturated heterocycles. The van der Waals surface area contributed by atoms with E-state index < -0.39 is 17.9 Å². The minimum atomic E-state index is -1.49. The molecule has 10 nitrogen and oxygen atoms in total. The van der Waals surface area contributed by atoms with Gasteiger partial charge in [-0.2, -0.15) is 5.06 Å². The number of nitrogens with zero attached hydrogens (tertiary/aromatic N) is 3. The first-order chi connectivity index (χ1) is 12.0. The molecule has 0 aliphatic carbocycles. The van der Waals surface area contributed by atoms with Crippen molar-refractivity contribution in [2.45, 2.75) is 13.5 Å². The van der Waals surface area contributed by atoms with Crippen molar-refractivity contribution in [3.05, 3.63) is 46.6 Å². The van der Waals surface area contributed by atoms with Gasteiger partial charge in [-0.1, -0.05) is 12.1 Å². The molecule has 0 spiro atoms. The number of carbonyl (C=O) groups excluding carboxylic acids is 1. The second-order valence-electron chi connectivity index (χ2n) is 4.85. The van der Waals surface area contributed by atoms with E-state index in [-0.39, 0.29) is 24.7 Å². The van der Waals surface area contributed by atoms with Gasteiger partial charge in [0.2, 0.25) is 5.75 Å². The van der Waals surface area contributed by atoms with Crippen LogP contribution in [0.2, 0.25) is 0 Å². The van der Waals surface area contributed by atoms with Gasteiger partial charge in [-0.15, -0.1) is 0 Å². The van der Waals surface area contributed by atoms with Crippen molar-refractivity contribution in [1.29, 1.82) is 0 Å². The molecule has 0 unspecified atom stereocenters. The van der Waals surface area contributed by atoms with E-state index in [1.165, 1.54) is 4.57 Å². The number of carboxylic acid groups (broad SMARTS) is 1. The Labute approximate surface area is 140 Å². The fraction of sp³-hybridized carbons (Fsp3) is 0.200. The lowest BCUT2D eigenvalue weighted by atomic mass is 10.2. The molecule has 0 saturated carbocycles. The van der Waals surface area contributed by atoms with Gasteiger partial charge in [-0.25, -0.2) is 14.6 Å². The molecule has 0 fully saturated rings. The van der Waals surface area contributed by atoms with Crippen LogP contribution in [0.1, 0.15) is 12.7 Å². The monoisotopic (exact) mass is 347 g/mol. The largest absolute Gasteiger partial charge is 0.530 e. The van der Waals surface area contributed by atoms with Gasteiger partial charge in [-0.05, 0) is 19.1 Å². The second kappa shape index (κ2) is 6.51. The quantitative estimate of drug-likeness (QED) is 0.827. The van der Waals surface area contributed by atoms with E-state index >= 15 is 0 Å². The first-order valence-electron chi connectivity index (χ1n) is 7.24. The summed E-state index contributed by atoms with van der Waals surface area (Å²) < 4.78 is 10.7. The summed E-state index contributed by atoms with van der Waals surface area (Å²) in [4.78, 5) is 43.8. The van der Waals surface area contributed by atoms with E-state index in [4.69, 9.17) is 14.7 Å². The molecule has 2 aromatic rings. The molecule has 0 amide bonds. The molecular weight excluding hydrogens is 334 g/mol. The zero-order chi connectivity index (χ0) is 18.0. The number of fused-ring (bicyclic) bond motifs is 3. The minimum Gasteiger partial charge on any atom is -0.448 e. The van der Waals surface area contributed by atoms with Crippen molar-refractivity contribution in [2.75, 3.05) is 11.7 Å². The van der Waals surface area contributed by atoms with E-state index in [9.17, 15) is 14.4 Å². The maximum absolute atomic E-state index is 12.7. The summed E-state index contributed by atoms with van der Waals surface area (Å²) in [5.41, 5.74) is 0.0758. The normalized spacial score (nSPS) is 12.0. The van der Waals surface area contributed by atoms with Gasteiger partial charge in [-0.3, -0.25) is 9.36 Å². The van der Waals surface area contributed by atoms with Crippen molar-refractivity contribution in [2.24, 2.45) is 0 Å². The van der Waals surface area contributed by atoms with Gasteiger partial charge in [0.25, 0.3) is 0 Å². The van der Waals surface area contributed by atoms with E-state index in [1.807, 2.05) is 0 Å². The highest BCUT2D eigenvalue weighted by molar-refractivity contribution is 5.68. The zero-order valence-corrected chi connectivity index (χ0v) is 13.0. The number of para-hydroxylation sites is 2. The molecule has 3 rings (SSSR count). The Morgan fingerprint density at radius 3 is 2.68 bits per heavy atom. The van der Waals surface area contributed by atoms with Crippen LogP contribution in [0.25, 0.3) is 5.69 Å². The number of anilines is 1. The Kier molecular flexibility index (Phi) is 4.25. The number of hydrogen-bond donors (Lipinski definition) is 1. The van der Waals surface area contributed by atoms with Crippen molar-refractivity contribution in [3.8, 4) is 11.4 Å². The number of aromatic nitrogens is 2. The lowest BCUT2D eigenvalue weighted by Crippen LogP contribution is -2.37. The smallest absolute Gasteiger partial charge is 0.448 e. The molecule has 1 N–H and O–H groups in total. The van der Waals surface area contributed by atoms with E-state index in [0.717, 1.165) is 11.3 Å². The number of ether oxygens (including phenoxy) is 2. The van der Waals surface area contributed by atoms with Crippen LogP contribution in [0.5, 0.6) is 5.75 Å². The maximum atomic E-state index is 12.7. The summed E-state index contributed by atoms with van der Waals surface area (Å²) in [7, 11) is 0. The molecule has 1 aliphatic rings. The standard InChI is InChI=1S/C15H13N3O7/c1-2-23-15(22)24-11-7-16-12-8-17(25-14(20)21)9-5-3-4-6-10(9)18(12)13(11)19/h3-7H,2,8H2,1H3,(H,20,21). The predicted molar refractivity (Wildman–Crippen MR) is 82.8 cm³/mol. The van der Waals surface area contributed by atoms with Gasteiger partial charge >= 0.3 is 17.9 Å². The van der Waals surface area contributed by atoms with Crippen LogP contribution < -0.4 is 15.4 Å². The molecule has 1 aliphatic heterocycles. The summed E-state index contributed by atoms with van der Waals surface area (Å²) >= 11 is 0. The van der Waals surface area contributed by atoms with Crippen LogP contribution in [-0.4, -0.2) is 33.6 Å². The van der Waals surface area contributed by atoms with Crippen molar-refractivity contribution >= 4 is 18.0 Å². The number of rotatable bonds is 3. The van der Waals surface area contributed by atoms with Crippen molar-refractivity contribution < 1.29 is 29.0 Å². The first-order valence-corrected chi connectivity index (χ1v) is 7.24. The molecule has 10 heteroatoms. The molecule has 130 valence electrons. The molecule has 1 aromatic carbocycles. The van der Waals surface area contributed by atoms with Gasteiger partial charge < -0.3 is 19.4 Å². The molecule has 0 bridgehead atoms. The molecule has 2 heterocycles. The molecular formula is C15H13N3O7. The third kappa shape index (κ3) is 3.09.